The molecule has 4 aromatic heterocycles. The summed E-state index contributed by atoms with van der Waals surface area (Å²) in [5, 5.41) is 5.27. The van der Waals surface area contributed by atoms with Crippen molar-refractivity contribution < 1.29 is 0 Å². The van der Waals surface area contributed by atoms with Crippen molar-refractivity contribution in [1.29, 1.82) is 0 Å². The highest BCUT2D eigenvalue weighted by Crippen LogP contribution is 2.40. The van der Waals surface area contributed by atoms with E-state index >= 15 is 0 Å². The monoisotopic (exact) mass is 417 g/mol. The zero-order valence-corrected chi connectivity index (χ0v) is 18.4. The highest BCUT2D eigenvalue weighted by atomic mass is 16.1. The highest BCUT2D eigenvalue weighted by Gasteiger charge is 2.24. The Bertz CT molecular complexity index is 1430. The molecule has 0 spiro atoms. The van der Waals surface area contributed by atoms with Gasteiger partial charge in [0.25, 0.3) is 11.1 Å². The second-order valence-electron chi connectivity index (χ2n) is 8.80. The Morgan fingerprint density at radius 2 is 1.71 bits per heavy atom. The quantitative estimate of drug-likeness (QED) is 0.553. The van der Waals surface area contributed by atoms with Crippen LogP contribution in [-0.2, 0) is 21.1 Å². The molecule has 0 bridgehead atoms. The van der Waals surface area contributed by atoms with Crippen molar-refractivity contribution in [2.45, 2.75) is 38.5 Å². The van der Waals surface area contributed by atoms with Gasteiger partial charge in [0.15, 0.2) is 0 Å². The zero-order valence-electron chi connectivity index (χ0n) is 18.4. The van der Waals surface area contributed by atoms with Crippen LogP contribution in [0.4, 0.5) is 0 Å². The van der Waals surface area contributed by atoms with Gasteiger partial charge in [-0.2, -0.15) is 5.10 Å². The van der Waals surface area contributed by atoms with Crippen molar-refractivity contribution in [3.05, 3.63) is 62.6 Å². The average molecular weight is 418 g/mol. The Balaban J connectivity index is 1.81. The first kappa shape index (κ1) is 19.6. The summed E-state index contributed by atoms with van der Waals surface area (Å²) in [6, 6.07) is 5.74. The van der Waals surface area contributed by atoms with Crippen molar-refractivity contribution in [2.24, 2.45) is 21.1 Å². The number of aryl methyl sites for hydroxylation is 4. The Hall–Kier alpha value is -3.35. The fourth-order valence-corrected chi connectivity index (χ4v) is 4.99. The maximum atomic E-state index is 13.0. The van der Waals surface area contributed by atoms with Gasteiger partial charge in [0, 0.05) is 50.6 Å². The lowest BCUT2D eigenvalue weighted by Crippen LogP contribution is -2.19. The van der Waals surface area contributed by atoms with Gasteiger partial charge in [0.05, 0.1) is 17.1 Å². The largest absolute Gasteiger partial charge is 0.349 e. The molecule has 0 atom stereocenters. The van der Waals surface area contributed by atoms with Gasteiger partial charge in [0.1, 0.15) is 5.52 Å². The number of hydrogen-bond acceptors (Lipinski definition) is 3. The zero-order chi connectivity index (χ0) is 21.9. The molecule has 7 nitrogen and oxygen atoms in total. The van der Waals surface area contributed by atoms with Crippen LogP contribution in [0.25, 0.3) is 33.4 Å². The lowest BCUT2D eigenvalue weighted by atomic mass is 9.90. The maximum absolute atomic E-state index is 13.0. The SMILES string of the molecule is Cc1cc(-c2cc3c(-c4cc(=O)n(C)cc4C4CCCC4)cn(C)c(=O)c3[nH]2)n(C)n1. The summed E-state index contributed by atoms with van der Waals surface area (Å²) < 4.78 is 5.08. The van der Waals surface area contributed by atoms with Gasteiger partial charge < -0.3 is 14.1 Å². The van der Waals surface area contributed by atoms with E-state index in [0.717, 1.165) is 46.4 Å². The second kappa shape index (κ2) is 7.11. The summed E-state index contributed by atoms with van der Waals surface area (Å²) >= 11 is 0. The third-order valence-corrected chi connectivity index (χ3v) is 6.59. The predicted octanol–water partition coefficient (Wildman–Crippen LogP) is 3.60. The third-order valence-electron chi connectivity index (χ3n) is 6.59. The van der Waals surface area contributed by atoms with Crippen LogP contribution in [0, 0.1) is 6.92 Å². The second-order valence-corrected chi connectivity index (χ2v) is 8.80. The minimum absolute atomic E-state index is 0.0447. The molecule has 1 aliphatic rings. The number of rotatable bonds is 3. The van der Waals surface area contributed by atoms with Crippen molar-refractivity contribution in [1.82, 2.24) is 23.9 Å². The van der Waals surface area contributed by atoms with Gasteiger partial charge >= 0.3 is 0 Å². The van der Waals surface area contributed by atoms with E-state index < -0.39 is 0 Å². The molecular weight excluding hydrogens is 390 g/mol. The number of hydrogen-bond donors (Lipinski definition) is 1. The molecule has 160 valence electrons. The molecule has 4 aromatic rings. The third kappa shape index (κ3) is 3.15. The molecule has 31 heavy (non-hydrogen) atoms. The van der Waals surface area contributed by atoms with Gasteiger partial charge in [-0.15, -0.1) is 0 Å². The minimum atomic E-state index is -0.0878. The summed E-state index contributed by atoms with van der Waals surface area (Å²) in [5.74, 6) is 0.437. The van der Waals surface area contributed by atoms with E-state index in [9.17, 15) is 9.59 Å². The Morgan fingerprint density at radius 1 is 0.968 bits per heavy atom. The number of fused-ring (bicyclic) bond motifs is 1. The van der Waals surface area contributed by atoms with Crippen LogP contribution in [-0.4, -0.2) is 23.9 Å². The van der Waals surface area contributed by atoms with E-state index in [0.29, 0.717) is 11.4 Å². The molecule has 4 heterocycles. The molecule has 1 fully saturated rings. The fraction of sp³-hybridized carbons (Fsp3) is 0.375. The number of aromatic nitrogens is 5. The number of pyridine rings is 2. The van der Waals surface area contributed by atoms with Gasteiger partial charge in [-0.05, 0) is 48.9 Å². The van der Waals surface area contributed by atoms with Gasteiger partial charge in [0.2, 0.25) is 0 Å². The van der Waals surface area contributed by atoms with Crippen LogP contribution in [0.15, 0.2) is 40.2 Å². The highest BCUT2D eigenvalue weighted by molar-refractivity contribution is 5.98. The lowest BCUT2D eigenvalue weighted by molar-refractivity contribution is 0.705. The molecule has 1 N–H and O–H groups in total. The molecule has 1 saturated carbocycles. The molecule has 1 aliphatic carbocycles. The first-order valence-corrected chi connectivity index (χ1v) is 10.8. The summed E-state index contributed by atoms with van der Waals surface area (Å²) in [4.78, 5) is 28.9. The average Bonchev–Trinajstić information content (AvgIpc) is 3.46. The minimum Gasteiger partial charge on any atom is -0.349 e. The topological polar surface area (TPSA) is 77.6 Å². The summed E-state index contributed by atoms with van der Waals surface area (Å²) in [5.41, 5.74) is 6.13. The van der Waals surface area contributed by atoms with Crippen LogP contribution in [0.1, 0.15) is 42.9 Å². The molecule has 0 aliphatic heterocycles. The number of nitrogens with zero attached hydrogens (tertiary/aromatic N) is 4. The number of nitrogens with one attached hydrogen (secondary N) is 1. The Labute approximate surface area is 180 Å². The molecule has 0 radical (unpaired) electrons. The molecule has 0 amide bonds. The molecule has 7 heteroatoms. The molecule has 0 saturated heterocycles. The first-order valence-electron chi connectivity index (χ1n) is 10.8. The van der Waals surface area contributed by atoms with Crippen molar-refractivity contribution >= 4 is 10.9 Å². The van der Waals surface area contributed by atoms with Gasteiger partial charge in [-0.3, -0.25) is 14.3 Å². The Kier molecular flexibility index (Phi) is 4.50. The van der Waals surface area contributed by atoms with E-state index in [1.54, 1.807) is 29.3 Å². The fourth-order valence-electron chi connectivity index (χ4n) is 4.99. The van der Waals surface area contributed by atoms with Crippen molar-refractivity contribution in [2.75, 3.05) is 0 Å². The lowest BCUT2D eigenvalue weighted by Gasteiger charge is -2.18. The van der Waals surface area contributed by atoms with Crippen LogP contribution in [0.3, 0.4) is 0 Å². The number of H-pyrrole nitrogens is 1. The van der Waals surface area contributed by atoms with Crippen LogP contribution in [0.5, 0.6) is 0 Å². The van der Waals surface area contributed by atoms with Gasteiger partial charge in [-0.25, -0.2) is 0 Å². The summed E-state index contributed by atoms with van der Waals surface area (Å²) in [7, 11) is 5.46. The first-order chi connectivity index (χ1) is 14.8. The van der Waals surface area contributed by atoms with Crippen LogP contribution in [0.2, 0.25) is 0 Å². The van der Waals surface area contributed by atoms with E-state index in [1.807, 2.05) is 43.2 Å². The molecule has 5 rings (SSSR count). The van der Waals surface area contributed by atoms with Gasteiger partial charge in [-0.1, -0.05) is 12.8 Å². The molecule has 0 unspecified atom stereocenters. The standard InChI is InChI=1S/C24H27N5O2/c1-14-9-21(29(4)26-14)20-10-17-19(13-28(3)24(31)23(17)25-20)16-11-22(30)27(2)12-18(16)15-7-5-6-8-15/h9-13,15,25H,5-8H2,1-4H3. The van der Waals surface area contributed by atoms with Crippen LogP contribution >= 0.6 is 0 Å². The van der Waals surface area contributed by atoms with Crippen molar-refractivity contribution in [3.63, 3.8) is 0 Å². The van der Waals surface area contributed by atoms with E-state index in [4.69, 9.17) is 0 Å². The summed E-state index contributed by atoms with van der Waals surface area (Å²) in [6.45, 7) is 1.95. The summed E-state index contributed by atoms with van der Waals surface area (Å²) in [6.07, 6.45) is 8.54. The molecule has 0 aromatic carbocycles. The van der Waals surface area contributed by atoms with Crippen molar-refractivity contribution in [3.8, 4) is 22.5 Å². The predicted molar refractivity (Wildman–Crippen MR) is 122 cm³/mol. The van der Waals surface area contributed by atoms with E-state index in [1.165, 1.54) is 18.4 Å². The van der Waals surface area contributed by atoms with Crippen LogP contribution < -0.4 is 11.1 Å². The Morgan fingerprint density at radius 3 is 2.39 bits per heavy atom. The molecular formula is C24H27N5O2. The van der Waals surface area contributed by atoms with E-state index in [2.05, 4.69) is 10.1 Å². The number of aromatic amines is 1. The smallest absolute Gasteiger partial charge is 0.274 e. The maximum Gasteiger partial charge on any atom is 0.274 e. The normalized spacial score (nSPS) is 14.7. The van der Waals surface area contributed by atoms with E-state index in [-0.39, 0.29) is 11.1 Å².